The van der Waals surface area contributed by atoms with Crippen molar-refractivity contribution in [3.63, 3.8) is 0 Å². The van der Waals surface area contributed by atoms with Crippen LogP contribution < -0.4 is 0 Å². The highest BCUT2D eigenvalue weighted by molar-refractivity contribution is 7.71. The van der Waals surface area contributed by atoms with E-state index in [1.165, 1.54) is 0 Å². The van der Waals surface area contributed by atoms with E-state index < -0.39 is 0 Å². The minimum atomic E-state index is 0.323. The second kappa shape index (κ2) is 4.76. The van der Waals surface area contributed by atoms with Gasteiger partial charge in [-0.2, -0.15) is 0 Å². The van der Waals surface area contributed by atoms with Crippen molar-refractivity contribution in [3.8, 4) is 0 Å². The Kier molecular flexibility index (Phi) is 3.36. The molecule has 0 saturated carbocycles. The number of hydrogen-bond acceptors (Lipinski definition) is 3. The number of hydrogen-bond donors (Lipinski definition) is 1. The third-order valence-corrected chi connectivity index (χ3v) is 3.00. The predicted octanol–water partition coefficient (Wildman–Crippen LogP) is 2.69. The number of fused-ring (bicyclic) bond motifs is 1. The largest absolute Gasteiger partial charge is 0.385 e. The van der Waals surface area contributed by atoms with Gasteiger partial charge in [0.1, 0.15) is 0 Å². The van der Waals surface area contributed by atoms with Crippen molar-refractivity contribution in [2.45, 2.75) is 19.4 Å². The summed E-state index contributed by atoms with van der Waals surface area (Å²) < 4.78 is 7.95. The van der Waals surface area contributed by atoms with Crippen LogP contribution in [0.15, 0.2) is 18.5 Å². The SMILES string of the molecule is COCCC(C)n1c(=S)[nH]c2cnccc21. The third kappa shape index (κ3) is 2.01. The first-order valence-corrected chi connectivity index (χ1v) is 5.68. The molecule has 0 aromatic carbocycles. The smallest absolute Gasteiger partial charge is 0.178 e. The van der Waals surface area contributed by atoms with Crippen molar-refractivity contribution in [2.24, 2.45) is 0 Å². The number of nitrogens with one attached hydrogen (secondary N) is 1. The third-order valence-electron chi connectivity index (χ3n) is 2.70. The van der Waals surface area contributed by atoms with Crippen molar-refractivity contribution in [2.75, 3.05) is 13.7 Å². The van der Waals surface area contributed by atoms with Crippen LogP contribution in [-0.4, -0.2) is 28.3 Å². The van der Waals surface area contributed by atoms with Gasteiger partial charge in [0.15, 0.2) is 4.77 Å². The summed E-state index contributed by atoms with van der Waals surface area (Å²) in [6.45, 7) is 2.88. The number of imidazole rings is 1. The van der Waals surface area contributed by atoms with E-state index in [1.807, 2.05) is 6.07 Å². The molecule has 0 fully saturated rings. The molecule has 5 heteroatoms. The summed E-state index contributed by atoms with van der Waals surface area (Å²) in [7, 11) is 1.71. The maximum atomic E-state index is 5.32. The molecule has 0 radical (unpaired) electrons. The molecule has 0 aliphatic rings. The van der Waals surface area contributed by atoms with Crippen molar-refractivity contribution < 1.29 is 4.74 Å². The Morgan fingerprint density at radius 3 is 3.19 bits per heavy atom. The zero-order valence-electron chi connectivity index (χ0n) is 9.43. The Morgan fingerprint density at radius 2 is 2.44 bits per heavy atom. The summed E-state index contributed by atoms with van der Waals surface area (Å²) in [5.41, 5.74) is 2.08. The molecule has 2 heterocycles. The summed E-state index contributed by atoms with van der Waals surface area (Å²) >= 11 is 5.32. The molecule has 4 nitrogen and oxygen atoms in total. The molecule has 0 saturated heterocycles. The fourth-order valence-electron chi connectivity index (χ4n) is 1.83. The minimum Gasteiger partial charge on any atom is -0.385 e. The van der Waals surface area contributed by atoms with E-state index in [9.17, 15) is 0 Å². The first-order valence-electron chi connectivity index (χ1n) is 5.27. The summed E-state index contributed by atoms with van der Waals surface area (Å²) in [6.07, 6.45) is 4.52. The molecule has 2 aromatic heterocycles. The molecular formula is C11H15N3OS. The van der Waals surface area contributed by atoms with Crippen molar-refractivity contribution in [1.82, 2.24) is 14.5 Å². The van der Waals surface area contributed by atoms with E-state index in [4.69, 9.17) is 17.0 Å². The van der Waals surface area contributed by atoms with Crippen molar-refractivity contribution in [1.29, 1.82) is 0 Å². The van der Waals surface area contributed by atoms with Crippen LogP contribution in [0.1, 0.15) is 19.4 Å². The van der Waals surface area contributed by atoms with E-state index in [1.54, 1.807) is 19.5 Å². The molecular weight excluding hydrogens is 222 g/mol. The highest BCUT2D eigenvalue weighted by Gasteiger charge is 2.10. The van der Waals surface area contributed by atoms with Gasteiger partial charge in [-0.15, -0.1) is 0 Å². The molecule has 0 aliphatic heterocycles. The number of aromatic amines is 1. The monoisotopic (exact) mass is 237 g/mol. The molecule has 0 amide bonds. The average molecular weight is 237 g/mol. The number of aromatic nitrogens is 3. The van der Waals surface area contributed by atoms with Crippen LogP contribution in [0.4, 0.5) is 0 Å². The summed E-state index contributed by atoms with van der Waals surface area (Å²) in [4.78, 5) is 7.23. The number of pyridine rings is 1. The van der Waals surface area contributed by atoms with E-state index in [-0.39, 0.29) is 0 Å². The van der Waals surface area contributed by atoms with Crippen LogP contribution in [0.3, 0.4) is 0 Å². The summed E-state index contributed by atoms with van der Waals surface area (Å²) in [6, 6.07) is 2.30. The van der Waals surface area contributed by atoms with Gasteiger partial charge in [-0.25, -0.2) is 0 Å². The Morgan fingerprint density at radius 1 is 1.62 bits per heavy atom. The van der Waals surface area contributed by atoms with Gasteiger partial charge in [-0.05, 0) is 31.6 Å². The van der Waals surface area contributed by atoms with E-state index >= 15 is 0 Å². The number of nitrogens with zero attached hydrogens (tertiary/aromatic N) is 2. The van der Waals surface area contributed by atoms with Crippen molar-refractivity contribution >= 4 is 23.3 Å². The van der Waals surface area contributed by atoms with Gasteiger partial charge in [0.2, 0.25) is 0 Å². The first-order chi connectivity index (χ1) is 7.74. The second-order valence-corrected chi connectivity index (χ2v) is 4.21. The fraction of sp³-hybridized carbons (Fsp3) is 0.455. The molecule has 2 aromatic rings. The normalized spacial score (nSPS) is 13.1. The molecule has 0 aliphatic carbocycles. The van der Waals surface area contributed by atoms with Gasteiger partial charge in [0, 0.05) is 26.0 Å². The van der Waals surface area contributed by atoms with Gasteiger partial charge in [-0.3, -0.25) is 4.98 Å². The van der Waals surface area contributed by atoms with E-state index in [0.717, 1.165) is 28.8 Å². The first kappa shape index (κ1) is 11.3. The lowest BCUT2D eigenvalue weighted by Crippen LogP contribution is -2.07. The lowest BCUT2D eigenvalue weighted by molar-refractivity contribution is 0.181. The van der Waals surface area contributed by atoms with Gasteiger partial charge in [0.25, 0.3) is 0 Å². The molecule has 2 rings (SSSR count). The van der Waals surface area contributed by atoms with Crippen LogP contribution in [0.25, 0.3) is 11.0 Å². The van der Waals surface area contributed by atoms with Gasteiger partial charge >= 0.3 is 0 Å². The molecule has 1 atom stereocenters. The van der Waals surface area contributed by atoms with Crippen molar-refractivity contribution in [3.05, 3.63) is 23.2 Å². The standard InChI is InChI=1S/C11H15N3OS/c1-8(4-6-15-2)14-10-3-5-12-7-9(10)13-11(14)16/h3,5,7-8H,4,6H2,1-2H3,(H,13,16). The molecule has 86 valence electrons. The van der Waals surface area contributed by atoms with Gasteiger partial charge in [0.05, 0.1) is 17.2 Å². The molecule has 0 bridgehead atoms. The van der Waals surface area contributed by atoms with Crippen LogP contribution in [-0.2, 0) is 4.74 Å². The Bertz CT molecular complexity index is 531. The molecule has 0 spiro atoms. The maximum absolute atomic E-state index is 5.32. The lowest BCUT2D eigenvalue weighted by Gasteiger charge is -2.13. The highest BCUT2D eigenvalue weighted by Crippen LogP contribution is 2.20. The number of methoxy groups -OCH3 is 1. The molecule has 1 N–H and O–H groups in total. The zero-order valence-corrected chi connectivity index (χ0v) is 10.3. The Hall–Kier alpha value is -1.20. The van der Waals surface area contributed by atoms with Crippen LogP contribution in [0.2, 0.25) is 0 Å². The highest BCUT2D eigenvalue weighted by atomic mass is 32.1. The number of H-pyrrole nitrogens is 1. The van der Waals surface area contributed by atoms with Gasteiger partial charge in [-0.1, -0.05) is 0 Å². The minimum absolute atomic E-state index is 0.323. The van der Waals surface area contributed by atoms with E-state index in [0.29, 0.717) is 6.04 Å². The quantitative estimate of drug-likeness (QED) is 0.831. The van der Waals surface area contributed by atoms with Crippen LogP contribution in [0, 0.1) is 4.77 Å². The predicted molar refractivity (Wildman–Crippen MR) is 66.1 cm³/mol. The second-order valence-electron chi connectivity index (χ2n) is 3.82. The number of rotatable bonds is 4. The zero-order chi connectivity index (χ0) is 11.5. The topological polar surface area (TPSA) is 42.8 Å². The lowest BCUT2D eigenvalue weighted by atomic mass is 10.2. The maximum Gasteiger partial charge on any atom is 0.178 e. The molecule has 16 heavy (non-hydrogen) atoms. The average Bonchev–Trinajstić information content (AvgIpc) is 2.62. The Balaban J connectivity index is 2.43. The molecule has 1 unspecified atom stereocenters. The van der Waals surface area contributed by atoms with E-state index in [2.05, 4.69) is 21.5 Å². The van der Waals surface area contributed by atoms with Crippen LogP contribution >= 0.6 is 12.2 Å². The summed E-state index contributed by atoms with van der Waals surface area (Å²) in [5.74, 6) is 0. The fourth-order valence-corrected chi connectivity index (χ4v) is 2.22. The number of ether oxygens (including phenoxy) is 1. The Labute approximate surface area is 99.3 Å². The van der Waals surface area contributed by atoms with Gasteiger partial charge < -0.3 is 14.3 Å². The van der Waals surface area contributed by atoms with Crippen LogP contribution in [0.5, 0.6) is 0 Å². The summed E-state index contributed by atoms with van der Waals surface area (Å²) in [5, 5.41) is 0.